The number of aryl methyl sites for hydroxylation is 1. The van der Waals surface area contributed by atoms with Crippen LogP contribution in [0.5, 0.6) is 0 Å². The molecule has 1 aliphatic rings. The summed E-state index contributed by atoms with van der Waals surface area (Å²) in [6, 6.07) is 1.69. The SMILES string of the molecule is Cc1cc(NC(=O)CNC2(C)CCNC2)on1. The van der Waals surface area contributed by atoms with E-state index in [1.807, 2.05) is 6.92 Å². The number of carbonyl (C=O) groups is 1. The molecule has 0 bridgehead atoms. The summed E-state index contributed by atoms with van der Waals surface area (Å²) in [6.07, 6.45) is 1.03. The maximum absolute atomic E-state index is 11.6. The highest BCUT2D eigenvalue weighted by Gasteiger charge is 2.28. The first-order valence-electron chi connectivity index (χ1n) is 5.76. The zero-order valence-electron chi connectivity index (χ0n) is 10.2. The van der Waals surface area contributed by atoms with Gasteiger partial charge in [0.15, 0.2) is 0 Å². The van der Waals surface area contributed by atoms with Crippen LogP contribution in [0.15, 0.2) is 10.6 Å². The predicted octanol–water partition coefficient (Wildman–Crippen LogP) is 0.263. The summed E-state index contributed by atoms with van der Waals surface area (Å²) < 4.78 is 4.91. The van der Waals surface area contributed by atoms with Gasteiger partial charge in [-0.05, 0) is 26.8 Å². The Morgan fingerprint density at radius 3 is 3.12 bits per heavy atom. The topological polar surface area (TPSA) is 79.2 Å². The molecule has 0 aromatic carbocycles. The molecule has 0 spiro atoms. The maximum atomic E-state index is 11.6. The van der Waals surface area contributed by atoms with Crippen LogP contribution < -0.4 is 16.0 Å². The molecule has 1 amide bonds. The van der Waals surface area contributed by atoms with Gasteiger partial charge in [-0.2, -0.15) is 0 Å². The second-order valence-corrected chi connectivity index (χ2v) is 4.72. The van der Waals surface area contributed by atoms with Crippen molar-refractivity contribution in [2.45, 2.75) is 25.8 Å². The van der Waals surface area contributed by atoms with Crippen molar-refractivity contribution >= 4 is 11.8 Å². The summed E-state index contributed by atoms with van der Waals surface area (Å²) in [4.78, 5) is 11.6. The molecule has 1 saturated heterocycles. The average Bonchev–Trinajstić information content (AvgIpc) is 2.86. The Balaban J connectivity index is 1.77. The predicted molar refractivity (Wildman–Crippen MR) is 63.8 cm³/mol. The molecule has 1 aromatic heterocycles. The maximum Gasteiger partial charge on any atom is 0.240 e. The molecule has 1 unspecified atom stereocenters. The fourth-order valence-corrected chi connectivity index (χ4v) is 1.87. The Bertz CT molecular complexity index is 396. The van der Waals surface area contributed by atoms with E-state index in [1.54, 1.807) is 6.07 Å². The molecule has 2 heterocycles. The molecular formula is C11H18N4O2. The molecule has 1 aliphatic heterocycles. The summed E-state index contributed by atoms with van der Waals surface area (Å²) in [5.74, 6) is 0.276. The summed E-state index contributed by atoms with van der Waals surface area (Å²) in [5, 5.41) is 12.9. The summed E-state index contributed by atoms with van der Waals surface area (Å²) in [5.41, 5.74) is 0.759. The van der Waals surface area contributed by atoms with Crippen molar-refractivity contribution < 1.29 is 9.32 Å². The fourth-order valence-electron chi connectivity index (χ4n) is 1.87. The van der Waals surface area contributed by atoms with Crippen molar-refractivity contribution in [1.29, 1.82) is 0 Å². The third kappa shape index (κ3) is 3.28. The Morgan fingerprint density at radius 2 is 2.53 bits per heavy atom. The summed E-state index contributed by atoms with van der Waals surface area (Å²) in [7, 11) is 0. The van der Waals surface area contributed by atoms with Crippen LogP contribution in [0.2, 0.25) is 0 Å². The van der Waals surface area contributed by atoms with Gasteiger partial charge >= 0.3 is 0 Å². The number of nitrogens with zero attached hydrogens (tertiary/aromatic N) is 1. The first-order chi connectivity index (χ1) is 8.07. The van der Waals surface area contributed by atoms with Crippen LogP contribution in [-0.4, -0.2) is 36.2 Å². The molecule has 94 valence electrons. The average molecular weight is 238 g/mol. The van der Waals surface area contributed by atoms with E-state index in [1.165, 1.54) is 0 Å². The largest absolute Gasteiger partial charge is 0.338 e. The summed E-state index contributed by atoms with van der Waals surface area (Å²) >= 11 is 0. The van der Waals surface area contributed by atoms with Crippen molar-refractivity contribution in [3.8, 4) is 0 Å². The molecule has 0 saturated carbocycles. The number of hydrogen-bond acceptors (Lipinski definition) is 5. The first-order valence-corrected chi connectivity index (χ1v) is 5.76. The van der Waals surface area contributed by atoms with Crippen molar-refractivity contribution in [2.75, 3.05) is 25.0 Å². The van der Waals surface area contributed by atoms with Gasteiger partial charge in [-0.1, -0.05) is 5.16 Å². The minimum Gasteiger partial charge on any atom is -0.338 e. The van der Waals surface area contributed by atoms with E-state index in [4.69, 9.17) is 4.52 Å². The lowest BCUT2D eigenvalue weighted by Gasteiger charge is -2.23. The third-order valence-electron chi connectivity index (χ3n) is 2.94. The van der Waals surface area contributed by atoms with Crippen LogP contribution in [-0.2, 0) is 4.79 Å². The number of anilines is 1. The molecule has 3 N–H and O–H groups in total. The number of rotatable bonds is 4. The number of nitrogens with one attached hydrogen (secondary N) is 3. The fraction of sp³-hybridized carbons (Fsp3) is 0.636. The smallest absolute Gasteiger partial charge is 0.240 e. The Kier molecular flexibility index (Phi) is 3.44. The van der Waals surface area contributed by atoms with Gasteiger partial charge in [0.25, 0.3) is 0 Å². The number of amides is 1. The Hall–Kier alpha value is -1.40. The Morgan fingerprint density at radius 1 is 1.71 bits per heavy atom. The lowest BCUT2D eigenvalue weighted by Crippen LogP contribution is -2.47. The van der Waals surface area contributed by atoms with Crippen molar-refractivity contribution in [1.82, 2.24) is 15.8 Å². The lowest BCUT2D eigenvalue weighted by molar-refractivity contribution is -0.115. The highest BCUT2D eigenvalue weighted by atomic mass is 16.5. The monoisotopic (exact) mass is 238 g/mol. The van der Waals surface area contributed by atoms with E-state index >= 15 is 0 Å². The standard InChI is InChI=1S/C11H18N4O2/c1-8-5-10(17-15-8)14-9(16)6-13-11(2)3-4-12-7-11/h5,12-13H,3-4,6-7H2,1-2H3,(H,14,16). The van der Waals surface area contributed by atoms with E-state index in [-0.39, 0.29) is 18.0 Å². The highest BCUT2D eigenvalue weighted by Crippen LogP contribution is 2.13. The molecule has 17 heavy (non-hydrogen) atoms. The van der Waals surface area contributed by atoms with Gasteiger partial charge in [0, 0.05) is 18.2 Å². The zero-order chi connectivity index (χ0) is 12.3. The van der Waals surface area contributed by atoms with E-state index < -0.39 is 0 Å². The van der Waals surface area contributed by atoms with Crippen LogP contribution in [0, 0.1) is 6.92 Å². The van der Waals surface area contributed by atoms with Crippen LogP contribution in [0.25, 0.3) is 0 Å². The molecule has 0 aliphatic carbocycles. The van der Waals surface area contributed by atoms with Gasteiger partial charge in [-0.3, -0.25) is 10.1 Å². The molecular weight excluding hydrogens is 220 g/mol. The normalized spacial score (nSPS) is 23.9. The minimum absolute atomic E-state index is 0.00860. The van der Waals surface area contributed by atoms with Gasteiger partial charge in [0.1, 0.15) is 0 Å². The van der Waals surface area contributed by atoms with E-state index in [9.17, 15) is 4.79 Å². The summed E-state index contributed by atoms with van der Waals surface area (Å²) in [6.45, 7) is 6.08. The highest BCUT2D eigenvalue weighted by molar-refractivity contribution is 5.91. The van der Waals surface area contributed by atoms with Gasteiger partial charge in [0.05, 0.1) is 12.2 Å². The molecule has 6 heteroatoms. The van der Waals surface area contributed by atoms with E-state index in [0.29, 0.717) is 5.88 Å². The molecule has 2 rings (SSSR count). The van der Waals surface area contributed by atoms with Crippen LogP contribution >= 0.6 is 0 Å². The number of carbonyl (C=O) groups excluding carboxylic acids is 1. The lowest BCUT2D eigenvalue weighted by atomic mass is 10.0. The number of aromatic nitrogens is 1. The van der Waals surface area contributed by atoms with Gasteiger partial charge in [0.2, 0.25) is 11.8 Å². The van der Waals surface area contributed by atoms with Crippen molar-refractivity contribution in [3.05, 3.63) is 11.8 Å². The molecule has 0 radical (unpaired) electrons. The van der Waals surface area contributed by atoms with Crippen LogP contribution in [0.4, 0.5) is 5.88 Å². The van der Waals surface area contributed by atoms with Crippen molar-refractivity contribution in [3.63, 3.8) is 0 Å². The zero-order valence-corrected chi connectivity index (χ0v) is 10.2. The molecule has 1 fully saturated rings. The minimum atomic E-state index is -0.116. The quantitative estimate of drug-likeness (QED) is 0.701. The Labute approximate surface area is 100 Å². The second-order valence-electron chi connectivity index (χ2n) is 4.72. The number of hydrogen-bond donors (Lipinski definition) is 3. The van der Waals surface area contributed by atoms with E-state index in [0.717, 1.165) is 25.2 Å². The van der Waals surface area contributed by atoms with Gasteiger partial charge < -0.3 is 15.2 Å². The van der Waals surface area contributed by atoms with Crippen LogP contribution in [0.3, 0.4) is 0 Å². The van der Waals surface area contributed by atoms with Crippen LogP contribution in [0.1, 0.15) is 19.0 Å². The van der Waals surface area contributed by atoms with Crippen molar-refractivity contribution in [2.24, 2.45) is 0 Å². The van der Waals surface area contributed by atoms with Gasteiger partial charge in [-0.25, -0.2) is 0 Å². The molecule has 1 atom stereocenters. The van der Waals surface area contributed by atoms with E-state index in [2.05, 4.69) is 28.0 Å². The molecule has 6 nitrogen and oxygen atoms in total. The second kappa shape index (κ2) is 4.85. The third-order valence-corrected chi connectivity index (χ3v) is 2.94. The first kappa shape index (κ1) is 12.1. The van der Waals surface area contributed by atoms with Gasteiger partial charge in [-0.15, -0.1) is 0 Å². The molecule has 1 aromatic rings.